The summed E-state index contributed by atoms with van der Waals surface area (Å²) in [7, 11) is 1.99. The quantitative estimate of drug-likeness (QED) is 0.880. The second-order valence-electron chi connectivity index (χ2n) is 5.10. The lowest BCUT2D eigenvalue weighted by Gasteiger charge is -2.20. The summed E-state index contributed by atoms with van der Waals surface area (Å²) in [4.78, 5) is 0. The summed E-state index contributed by atoms with van der Waals surface area (Å²) in [6.45, 7) is 5.22. The van der Waals surface area contributed by atoms with Gasteiger partial charge in [0.1, 0.15) is 0 Å². The zero-order valence-electron chi connectivity index (χ0n) is 12.4. The highest BCUT2D eigenvalue weighted by Gasteiger charge is 2.13. The van der Waals surface area contributed by atoms with Crippen molar-refractivity contribution >= 4 is 11.6 Å². The fourth-order valence-electron chi connectivity index (χ4n) is 2.58. The molecule has 1 atom stereocenters. The van der Waals surface area contributed by atoms with Gasteiger partial charge in [-0.1, -0.05) is 24.6 Å². The maximum atomic E-state index is 6.05. The summed E-state index contributed by atoms with van der Waals surface area (Å²) in [6.07, 6.45) is 3.91. The lowest BCUT2D eigenvalue weighted by atomic mass is 9.96. The van der Waals surface area contributed by atoms with Crippen molar-refractivity contribution in [1.29, 1.82) is 0 Å². The Labute approximate surface area is 126 Å². The third-order valence-electron chi connectivity index (χ3n) is 3.67. The molecule has 0 saturated heterocycles. The molecular weight excluding hydrogens is 270 g/mol. The molecule has 0 aliphatic heterocycles. The molecule has 0 spiro atoms. The van der Waals surface area contributed by atoms with Gasteiger partial charge in [0.2, 0.25) is 0 Å². The average molecular weight is 292 g/mol. The van der Waals surface area contributed by atoms with Crippen LogP contribution in [0.3, 0.4) is 0 Å². The molecule has 0 amide bonds. The number of nitrogens with one attached hydrogen (secondary N) is 1. The van der Waals surface area contributed by atoms with Gasteiger partial charge in [-0.15, -0.1) is 0 Å². The number of hydrogen-bond donors (Lipinski definition) is 1. The van der Waals surface area contributed by atoms with Gasteiger partial charge in [0.05, 0.1) is 0 Å². The van der Waals surface area contributed by atoms with Gasteiger partial charge in [0.25, 0.3) is 0 Å². The highest BCUT2D eigenvalue weighted by Crippen LogP contribution is 2.25. The van der Waals surface area contributed by atoms with Gasteiger partial charge in [-0.25, -0.2) is 0 Å². The first-order valence-corrected chi connectivity index (χ1v) is 7.46. The normalized spacial score (nSPS) is 12.6. The van der Waals surface area contributed by atoms with Crippen LogP contribution in [0.2, 0.25) is 5.02 Å². The van der Waals surface area contributed by atoms with E-state index in [-0.39, 0.29) is 0 Å². The Bertz CT molecular complexity index is 563. The van der Waals surface area contributed by atoms with E-state index in [0.29, 0.717) is 6.04 Å². The maximum Gasteiger partial charge on any atom is 0.0492 e. The van der Waals surface area contributed by atoms with E-state index in [1.807, 2.05) is 30.1 Å². The number of halogens is 1. The molecule has 1 N–H and O–H groups in total. The fraction of sp³-hybridized carbons (Fsp3) is 0.438. The molecule has 1 aromatic carbocycles. The number of aryl methyl sites for hydroxylation is 3. The van der Waals surface area contributed by atoms with Crippen LogP contribution in [0, 0.1) is 6.92 Å². The third-order valence-corrected chi connectivity index (χ3v) is 3.90. The Morgan fingerprint density at radius 1 is 1.35 bits per heavy atom. The van der Waals surface area contributed by atoms with Crippen LogP contribution in [0.15, 0.2) is 30.5 Å². The average Bonchev–Trinajstić information content (AvgIpc) is 2.81. The van der Waals surface area contributed by atoms with E-state index in [1.54, 1.807) is 0 Å². The molecule has 1 unspecified atom stereocenters. The van der Waals surface area contributed by atoms with Crippen LogP contribution in [-0.4, -0.2) is 16.3 Å². The topological polar surface area (TPSA) is 29.9 Å². The van der Waals surface area contributed by atoms with Crippen molar-refractivity contribution < 1.29 is 0 Å². The predicted octanol–water partition coefficient (Wildman–Crippen LogP) is 3.67. The number of benzene rings is 1. The molecule has 1 aromatic heterocycles. The van der Waals surface area contributed by atoms with Gasteiger partial charge < -0.3 is 5.32 Å². The standard InChI is InChI=1S/C16H22ClN3/c1-4-18-16(8-6-14-9-10-19-20(14)3)15-7-5-13(17)11-12(15)2/h5,7,9-11,16,18H,4,6,8H2,1-3H3. The fourth-order valence-corrected chi connectivity index (χ4v) is 2.81. The molecule has 3 nitrogen and oxygen atoms in total. The van der Waals surface area contributed by atoms with Gasteiger partial charge >= 0.3 is 0 Å². The smallest absolute Gasteiger partial charge is 0.0492 e. The molecule has 20 heavy (non-hydrogen) atoms. The van der Waals surface area contributed by atoms with E-state index in [4.69, 9.17) is 11.6 Å². The monoisotopic (exact) mass is 291 g/mol. The van der Waals surface area contributed by atoms with Crippen molar-refractivity contribution in [2.75, 3.05) is 6.54 Å². The summed E-state index contributed by atoms with van der Waals surface area (Å²) in [5.74, 6) is 0. The number of nitrogens with zero attached hydrogens (tertiary/aromatic N) is 2. The molecule has 0 aliphatic carbocycles. The second kappa shape index (κ2) is 6.91. The highest BCUT2D eigenvalue weighted by atomic mass is 35.5. The number of aromatic nitrogens is 2. The van der Waals surface area contributed by atoms with Crippen LogP contribution in [-0.2, 0) is 13.5 Å². The summed E-state index contributed by atoms with van der Waals surface area (Å²) in [5, 5.41) is 8.59. The van der Waals surface area contributed by atoms with Crippen LogP contribution in [0.4, 0.5) is 0 Å². The van der Waals surface area contributed by atoms with Crippen LogP contribution < -0.4 is 5.32 Å². The van der Waals surface area contributed by atoms with Crippen molar-refractivity contribution in [3.05, 3.63) is 52.3 Å². The SMILES string of the molecule is CCNC(CCc1ccnn1C)c1ccc(Cl)cc1C. The number of hydrogen-bond acceptors (Lipinski definition) is 2. The first kappa shape index (κ1) is 15.1. The van der Waals surface area contributed by atoms with E-state index in [1.165, 1.54) is 16.8 Å². The summed E-state index contributed by atoms with van der Waals surface area (Å²) in [5.41, 5.74) is 3.84. The Hall–Kier alpha value is -1.32. The first-order valence-electron chi connectivity index (χ1n) is 7.08. The van der Waals surface area contributed by atoms with Crippen molar-refractivity contribution in [1.82, 2.24) is 15.1 Å². The largest absolute Gasteiger partial charge is 0.310 e. The molecular formula is C16H22ClN3. The minimum absolute atomic E-state index is 0.354. The van der Waals surface area contributed by atoms with Crippen molar-refractivity contribution in [2.24, 2.45) is 7.05 Å². The van der Waals surface area contributed by atoms with Gasteiger partial charge in [-0.05, 0) is 55.6 Å². The molecule has 4 heteroatoms. The minimum Gasteiger partial charge on any atom is -0.310 e. The van der Waals surface area contributed by atoms with Crippen molar-refractivity contribution in [3.63, 3.8) is 0 Å². The molecule has 2 rings (SSSR count). The van der Waals surface area contributed by atoms with Crippen LogP contribution >= 0.6 is 11.6 Å². The summed E-state index contributed by atoms with van der Waals surface area (Å²) >= 11 is 6.05. The molecule has 0 aliphatic rings. The minimum atomic E-state index is 0.354. The molecule has 0 radical (unpaired) electrons. The Kier molecular flexibility index (Phi) is 5.21. The lowest BCUT2D eigenvalue weighted by molar-refractivity contribution is 0.504. The Morgan fingerprint density at radius 2 is 2.15 bits per heavy atom. The van der Waals surface area contributed by atoms with Crippen LogP contribution in [0.5, 0.6) is 0 Å². The van der Waals surface area contributed by atoms with E-state index in [0.717, 1.165) is 24.4 Å². The van der Waals surface area contributed by atoms with Gasteiger partial charge in [-0.2, -0.15) is 5.10 Å². The van der Waals surface area contributed by atoms with E-state index in [2.05, 4.69) is 36.4 Å². The highest BCUT2D eigenvalue weighted by molar-refractivity contribution is 6.30. The van der Waals surface area contributed by atoms with Gasteiger partial charge in [0.15, 0.2) is 0 Å². The Morgan fingerprint density at radius 3 is 2.75 bits per heavy atom. The second-order valence-corrected chi connectivity index (χ2v) is 5.53. The maximum absolute atomic E-state index is 6.05. The molecule has 0 fully saturated rings. The molecule has 108 valence electrons. The van der Waals surface area contributed by atoms with E-state index >= 15 is 0 Å². The molecule has 1 heterocycles. The number of rotatable bonds is 6. The molecule has 0 saturated carbocycles. The zero-order chi connectivity index (χ0) is 14.5. The summed E-state index contributed by atoms with van der Waals surface area (Å²) in [6, 6.07) is 8.57. The third kappa shape index (κ3) is 3.62. The molecule has 0 bridgehead atoms. The Balaban J connectivity index is 2.12. The first-order chi connectivity index (χ1) is 9.61. The zero-order valence-corrected chi connectivity index (χ0v) is 13.1. The van der Waals surface area contributed by atoms with Crippen LogP contribution in [0.25, 0.3) is 0 Å². The van der Waals surface area contributed by atoms with Gasteiger partial charge in [0, 0.05) is 30.0 Å². The van der Waals surface area contributed by atoms with Crippen molar-refractivity contribution in [3.8, 4) is 0 Å². The lowest BCUT2D eigenvalue weighted by Crippen LogP contribution is -2.22. The van der Waals surface area contributed by atoms with Crippen molar-refractivity contribution in [2.45, 2.75) is 32.7 Å². The van der Waals surface area contributed by atoms with Gasteiger partial charge in [-0.3, -0.25) is 4.68 Å². The van der Waals surface area contributed by atoms with E-state index < -0.39 is 0 Å². The van der Waals surface area contributed by atoms with Crippen LogP contribution in [0.1, 0.15) is 36.2 Å². The van der Waals surface area contributed by atoms with E-state index in [9.17, 15) is 0 Å². The summed E-state index contributed by atoms with van der Waals surface area (Å²) < 4.78 is 1.94. The molecule has 2 aromatic rings. The predicted molar refractivity (Wildman–Crippen MR) is 84.1 cm³/mol.